The van der Waals surface area contributed by atoms with Crippen molar-refractivity contribution in [1.82, 2.24) is 5.32 Å². The maximum absolute atomic E-state index is 5.10. The van der Waals surface area contributed by atoms with Crippen LogP contribution in [0.4, 0.5) is 0 Å². The molecule has 1 rings (SSSR count). The predicted molar refractivity (Wildman–Crippen MR) is 59.4 cm³/mol. The molecule has 0 aromatic rings. The number of nitrogens with one attached hydrogen (secondary N) is 1. The molecule has 78 valence electrons. The molecule has 1 saturated heterocycles. The zero-order chi connectivity index (χ0) is 9.52. The largest absolute Gasteiger partial charge is 0.384 e. The van der Waals surface area contributed by atoms with E-state index in [4.69, 9.17) is 4.74 Å². The van der Waals surface area contributed by atoms with Gasteiger partial charge in [0.15, 0.2) is 0 Å². The van der Waals surface area contributed by atoms with Gasteiger partial charge in [-0.05, 0) is 30.3 Å². The van der Waals surface area contributed by atoms with Gasteiger partial charge >= 0.3 is 0 Å². The zero-order valence-electron chi connectivity index (χ0n) is 8.71. The standard InChI is InChI=1S/C10H21NOS/c1-9(8-12-2)7-11-10-3-5-13-6-4-10/h9-11H,3-8H2,1-2H3. The summed E-state index contributed by atoms with van der Waals surface area (Å²) in [6, 6.07) is 0.764. The van der Waals surface area contributed by atoms with Crippen LogP contribution in [0.2, 0.25) is 0 Å². The van der Waals surface area contributed by atoms with E-state index < -0.39 is 0 Å². The van der Waals surface area contributed by atoms with Crippen LogP contribution in [0.25, 0.3) is 0 Å². The fourth-order valence-corrected chi connectivity index (χ4v) is 2.72. The number of rotatable bonds is 5. The third-order valence-electron chi connectivity index (χ3n) is 2.43. The zero-order valence-corrected chi connectivity index (χ0v) is 9.53. The second-order valence-corrected chi connectivity index (χ2v) is 5.08. The van der Waals surface area contributed by atoms with E-state index in [-0.39, 0.29) is 0 Å². The summed E-state index contributed by atoms with van der Waals surface area (Å²) >= 11 is 2.08. The fraction of sp³-hybridized carbons (Fsp3) is 1.00. The maximum atomic E-state index is 5.10. The first-order valence-corrected chi connectivity index (χ1v) is 6.28. The van der Waals surface area contributed by atoms with Gasteiger partial charge < -0.3 is 10.1 Å². The SMILES string of the molecule is COCC(C)CNC1CCSCC1. The topological polar surface area (TPSA) is 21.3 Å². The minimum atomic E-state index is 0.638. The minimum absolute atomic E-state index is 0.638. The Kier molecular flexibility index (Phi) is 5.83. The summed E-state index contributed by atoms with van der Waals surface area (Å²) in [6.07, 6.45) is 2.68. The Morgan fingerprint density at radius 2 is 2.15 bits per heavy atom. The van der Waals surface area contributed by atoms with Crippen molar-refractivity contribution in [2.45, 2.75) is 25.8 Å². The van der Waals surface area contributed by atoms with Crippen molar-refractivity contribution in [3.63, 3.8) is 0 Å². The highest BCUT2D eigenvalue weighted by Gasteiger charge is 2.13. The molecule has 0 radical (unpaired) electrons. The average molecular weight is 203 g/mol. The van der Waals surface area contributed by atoms with E-state index in [0.29, 0.717) is 5.92 Å². The van der Waals surface area contributed by atoms with Gasteiger partial charge in [-0.2, -0.15) is 11.8 Å². The molecule has 0 aromatic heterocycles. The number of hydrogen-bond acceptors (Lipinski definition) is 3. The summed E-state index contributed by atoms with van der Waals surface area (Å²) in [5.41, 5.74) is 0. The van der Waals surface area contributed by atoms with E-state index in [9.17, 15) is 0 Å². The van der Waals surface area contributed by atoms with Gasteiger partial charge in [-0.1, -0.05) is 6.92 Å². The average Bonchev–Trinajstić information content (AvgIpc) is 2.17. The van der Waals surface area contributed by atoms with Gasteiger partial charge in [-0.25, -0.2) is 0 Å². The lowest BCUT2D eigenvalue weighted by atomic mass is 10.1. The molecule has 0 bridgehead atoms. The van der Waals surface area contributed by atoms with Gasteiger partial charge in [0.2, 0.25) is 0 Å². The normalized spacial score (nSPS) is 21.7. The van der Waals surface area contributed by atoms with Crippen LogP contribution < -0.4 is 5.32 Å². The van der Waals surface area contributed by atoms with E-state index >= 15 is 0 Å². The Bertz CT molecular complexity index is 126. The van der Waals surface area contributed by atoms with Crippen molar-refractivity contribution in [3.05, 3.63) is 0 Å². The highest BCUT2D eigenvalue weighted by atomic mass is 32.2. The smallest absolute Gasteiger partial charge is 0.0499 e. The van der Waals surface area contributed by atoms with Crippen LogP contribution in [0.15, 0.2) is 0 Å². The summed E-state index contributed by atoms with van der Waals surface area (Å²) < 4.78 is 5.10. The van der Waals surface area contributed by atoms with Crippen LogP contribution in [0.1, 0.15) is 19.8 Å². The first-order valence-electron chi connectivity index (χ1n) is 5.13. The fourth-order valence-electron chi connectivity index (χ4n) is 1.61. The van der Waals surface area contributed by atoms with Crippen LogP contribution in [0.3, 0.4) is 0 Å². The molecule has 1 atom stereocenters. The van der Waals surface area contributed by atoms with Crippen molar-refractivity contribution in [3.8, 4) is 0 Å². The van der Waals surface area contributed by atoms with Crippen molar-refractivity contribution < 1.29 is 4.74 Å². The van der Waals surface area contributed by atoms with Crippen LogP contribution in [0, 0.1) is 5.92 Å². The summed E-state index contributed by atoms with van der Waals surface area (Å²) in [7, 11) is 1.77. The predicted octanol–water partition coefficient (Wildman–Crippen LogP) is 1.75. The van der Waals surface area contributed by atoms with Gasteiger partial charge in [-0.3, -0.25) is 0 Å². The molecular weight excluding hydrogens is 182 g/mol. The third-order valence-corrected chi connectivity index (χ3v) is 3.48. The molecule has 13 heavy (non-hydrogen) atoms. The summed E-state index contributed by atoms with van der Waals surface area (Å²) in [6.45, 7) is 4.20. The molecule has 2 nitrogen and oxygen atoms in total. The second-order valence-electron chi connectivity index (χ2n) is 3.86. The van der Waals surface area contributed by atoms with Gasteiger partial charge in [-0.15, -0.1) is 0 Å². The number of ether oxygens (including phenoxy) is 1. The molecular formula is C10H21NOS. The first-order chi connectivity index (χ1) is 6.33. The first kappa shape index (κ1) is 11.3. The van der Waals surface area contributed by atoms with Crippen LogP contribution >= 0.6 is 11.8 Å². The van der Waals surface area contributed by atoms with E-state index in [0.717, 1.165) is 19.2 Å². The summed E-state index contributed by atoms with van der Waals surface area (Å²) in [4.78, 5) is 0. The minimum Gasteiger partial charge on any atom is -0.384 e. The van der Waals surface area contributed by atoms with Crippen molar-refractivity contribution >= 4 is 11.8 Å². The molecule has 1 heterocycles. The number of hydrogen-bond donors (Lipinski definition) is 1. The van der Waals surface area contributed by atoms with Crippen LogP contribution in [0.5, 0.6) is 0 Å². The number of methoxy groups -OCH3 is 1. The Morgan fingerprint density at radius 3 is 2.77 bits per heavy atom. The second kappa shape index (κ2) is 6.68. The van der Waals surface area contributed by atoms with Crippen molar-refractivity contribution in [2.24, 2.45) is 5.92 Å². The maximum Gasteiger partial charge on any atom is 0.0499 e. The van der Waals surface area contributed by atoms with E-state index in [1.54, 1.807) is 7.11 Å². The van der Waals surface area contributed by atoms with Gasteiger partial charge in [0.25, 0.3) is 0 Å². The monoisotopic (exact) mass is 203 g/mol. The number of thioether (sulfide) groups is 1. The Hall–Kier alpha value is 0.270. The molecule has 1 N–H and O–H groups in total. The van der Waals surface area contributed by atoms with Crippen molar-refractivity contribution in [1.29, 1.82) is 0 Å². The molecule has 0 aliphatic carbocycles. The summed E-state index contributed by atoms with van der Waals surface area (Å²) in [5, 5.41) is 3.61. The van der Waals surface area contributed by atoms with E-state index in [1.807, 2.05) is 0 Å². The summed E-state index contributed by atoms with van der Waals surface area (Å²) in [5.74, 6) is 3.30. The molecule has 3 heteroatoms. The molecule has 1 aliphatic rings. The molecule has 0 aromatic carbocycles. The van der Waals surface area contributed by atoms with Crippen molar-refractivity contribution in [2.75, 3.05) is 31.8 Å². The highest BCUT2D eigenvalue weighted by Crippen LogP contribution is 2.16. The molecule has 0 saturated carbocycles. The highest BCUT2D eigenvalue weighted by molar-refractivity contribution is 7.99. The Labute approximate surface area is 85.8 Å². The molecule has 0 spiro atoms. The molecule has 1 aliphatic heterocycles. The van der Waals surface area contributed by atoms with E-state index in [1.165, 1.54) is 24.3 Å². The van der Waals surface area contributed by atoms with E-state index in [2.05, 4.69) is 24.0 Å². The Balaban J connectivity index is 2.03. The molecule has 1 fully saturated rings. The van der Waals surface area contributed by atoms with Gasteiger partial charge in [0.1, 0.15) is 0 Å². The lowest BCUT2D eigenvalue weighted by Crippen LogP contribution is -2.36. The molecule has 1 unspecified atom stereocenters. The quantitative estimate of drug-likeness (QED) is 0.735. The lowest BCUT2D eigenvalue weighted by Gasteiger charge is -2.24. The Morgan fingerprint density at radius 1 is 1.46 bits per heavy atom. The van der Waals surface area contributed by atoms with Crippen LogP contribution in [-0.4, -0.2) is 37.8 Å². The van der Waals surface area contributed by atoms with Gasteiger partial charge in [0.05, 0.1) is 0 Å². The lowest BCUT2D eigenvalue weighted by molar-refractivity contribution is 0.156. The van der Waals surface area contributed by atoms with Crippen LogP contribution in [-0.2, 0) is 4.74 Å². The van der Waals surface area contributed by atoms with Gasteiger partial charge in [0, 0.05) is 26.3 Å². The third kappa shape index (κ3) is 4.89. The molecule has 0 amide bonds.